The molecule has 26 heavy (non-hydrogen) atoms. The molecule has 0 atom stereocenters. The Morgan fingerprint density at radius 1 is 1.19 bits per heavy atom. The van der Waals surface area contributed by atoms with Crippen molar-refractivity contribution in [2.45, 2.75) is 20.3 Å². The molecule has 0 aliphatic heterocycles. The summed E-state index contributed by atoms with van der Waals surface area (Å²) in [4.78, 5) is 13.2. The molecule has 1 N–H and O–H groups in total. The Labute approximate surface area is 158 Å². The number of hydrogen-bond acceptors (Lipinski definition) is 3. The van der Waals surface area contributed by atoms with Gasteiger partial charge in [0.25, 0.3) is 5.91 Å². The first-order valence-corrected chi connectivity index (χ1v) is 9.13. The fraction of sp³-hybridized carbons (Fsp3) is 0.286. The molecule has 136 valence electrons. The molecule has 0 saturated heterocycles. The number of rotatable bonds is 6. The van der Waals surface area contributed by atoms with E-state index in [1.54, 1.807) is 35.9 Å². The molecule has 3 rings (SSSR count). The van der Waals surface area contributed by atoms with Crippen LogP contribution >= 0.6 is 11.6 Å². The summed E-state index contributed by atoms with van der Waals surface area (Å²) in [6.45, 7) is 5.87. The molecule has 0 saturated carbocycles. The Hall–Kier alpha value is -2.30. The maximum absolute atomic E-state index is 13.2. The summed E-state index contributed by atoms with van der Waals surface area (Å²) < 4.78 is 7.18. The Morgan fingerprint density at radius 2 is 1.92 bits per heavy atom. The fourth-order valence-corrected chi connectivity index (χ4v) is 3.40. The van der Waals surface area contributed by atoms with Crippen molar-refractivity contribution in [2.24, 2.45) is 0 Å². The smallest absolute Gasteiger partial charge is 0.262 e. The lowest BCUT2D eigenvalue weighted by Gasteiger charge is -2.08. The van der Waals surface area contributed by atoms with E-state index in [0.29, 0.717) is 10.6 Å². The van der Waals surface area contributed by atoms with Gasteiger partial charge in [0.1, 0.15) is 5.75 Å². The molecule has 0 radical (unpaired) electrons. The van der Waals surface area contributed by atoms with E-state index in [9.17, 15) is 4.79 Å². The highest BCUT2D eigenvalue weighted by Gasteiger charge is 2.20. The third kappa shape index (κ3) is 3.48. The first kappa shape index (κ1) is 18.5. The Bertz CT molecular complexity index is 929. The molecular weight excluding hydrogens is 348 g/mol. The predicted molar refractivity (Wildman–Crippen MR) is 107 cm³/mol. The van der Waals surface area contributed by atoms with Crippen molar-refractivity contribution in [3.8, 4) is 5.75 Å². The number of hydrogen-bond donors (Lipinski definition) is 1. The summed E-state index contributed by atoms with van der Waals surface area (Å²) in [6.07, 6.45) is 0.851. The van der Waals surface area contributed by atoms with Crippen LogP contribution in [0.15, 0.2) is 42.5 Å². The van der Waals surface area contributed by atoms with Crippen molar-refractivity contribution >= 4 is 28.4 Å². The van der Waals surface area contributed by atoms with Crippen LogP contribution < -0.4 is 10.1 Å². The van der Waals surface area contributed by atoms with Crippen molar-refractivity contribution in [2.75, 3.05) is 20.2 Å². The molecular formula is C21H23ClN2O2. The Morgan fingerprint density at radius 3 is 2.58 bits per heavy atom. The lowest BCUT2D eigenvalue weighted by atomic mass is 10.1. The summed E-state index contributed by atoms with van der Waals surface area (Å²) in [5.41, 5.74) is 3.64. The quantitative estimate of drug-likeness (QED) is 0.652. The SMILES string of the molecule is CCNCCc1c(C)n(C(=O)c2ccc(Cl)cc2)c2ccc(OC)cc12. The number of carbonyl (C=O) groups is 1. The lowest BCUT2D eigenvalue weighted by Crippen LogP contribution is -2.17. The predicted octanol–water partition coefficient (Wildman–Crippen LogP) is 4.45. The van der Waals surface area contributed by atoms with Gasteiger partial charge in [0.2, 0.25) is 0 Å². The molecule has 0 fully saturated rings. The number of benzene rings is 2. The normalized spacial score (nSPS) is 11.1. The monoisotopic (exact) mass is 370 g/mol. The molecule has 0 aliphatic rings. The Kier molecular flexibility index (Phi) is 5.64. The number of fused-ring (bicyclic) bond motifs is 1. The van der Waals surface area contributed by atoms with Crippen LogP contribution in [0.5, 0.6) is 5.75 Å². The van der Waals surface area contributed by atoms with E-state index in [-0.39, 0.29) is 5.91 Å². The molecule has 0 spiro atoms. The second-order valence-electron chi connectivity index (χ2n) is 6.20. The van der Waals surface area contributed by atoms with Crippen LogP contribution in [0.25, 0.3) is 10.9 Å². The standard InChI is InChI=1S/C21H23ClN2O2/c1-4-23-12-11-18-14(2)24(20-10-9-17(26-3)13-19(18)20)21(25)15-5-7-16(22)8-6-15/h5-10,13,23H,4,11-12H2,1-3H3. The van der Waals surface area contributed by atoms with E-state index in [1.807, 2.05) is 25.1 Å². The third-order valence-electron chi connectivity index (χ3n) is 4.64. The van der Waals surface area contributed by atoms with Gasteiger partial charge in [-0.2, -0.15) is 0 Å². The zero-order valence-corrected chi connectivity index (χ0v) is 16.1. The minimum atomic E-state index is -0.0518. The molecule has 0 aliphatic carbocycles. The number of methoxy groups -OCH3 is 1. The molecule has 4 nitrogen and oxygen atoms in total. The number of likely N-dealkylation sites (N-methyl/N-ethyl adjacent to an activating group) is 1. The number of nitrogens with zero attached hydrogens (tertiary/aromatic N) is 1. The van der Waals surface area contributed by atoms with E-state index in [2.05, 4.69) is 12.2 Å². The average Bonchev–Trinajstić information content (AvgIpc) is 2.93. The minimum Gasteiger partial charge on any atom is -0.497 e. The lowest BCUT2D eigenvalue weighted by molar-refractivity contribution is 0.0963. The zero-order valence-electron chi connectivity index (χ0n) is 15.3. The summed E-state index contributed by atoms with van der Waals surface area (Å²) in [5, 5.41) is 5.03. The zero-order chi connectivity index (χ0) is 18.7. The van der Waals surface area contributed by atoms with Crippen LogP contribution in [0.2, 0.25) is 5.02 Å². The average molecular weight is 371 g/mol. The number of nitrogens with one attached hydrogen (secondary N) is 1. The molecule has 0 unspecified atom stereocenters. The highest BCUT2D eigenvalue weighted by atomic mass is 35.5. The van der Waals surface area contributed by atoms with Gasteiger partial charge in [-0.25, -0.2) is 0 Å². The molecule has 5 heteroatoms. The van der Waals surface area contributed by atoms with Crippen LogP contribution in [0, 0.1) is 6.92 Å². The molecule has 0 amide bonds. The summed E-state index contributed by atoms with van der Waals surface area (Å²) >= 11 is 5.96. The van der Waals surface area contributed by atoms with Crippen LogP contribution in [0.4, 0.5) is 0 Å². The molecule has 1 heterocycles. The van der Waals surface area contributed by atoms with Crippen LogP contribution in [0.1, 0.15) is 28.5 Å². The number of carbonyl (C=O) groups excluding carboxylic acids is 1. The van der Waals surface area contributed by atoms with E-state index in [1.165, 1.54) is 5.56 Å². The highest BCUT2D eigenvalue weighted by molar-refractivity contribution is 6.30. The summed E-state index contributed by atoms with van der Waals surface area (Å²) in [6, 6.07) is 12.9. The summed E-state index contributed by atoms with van der Waals surface area (Å²) in [7, 11) is 1.65. The first-order valence-electron chi connectivity index (χ1n) is 8.75. The van der Waals surface area contributed by atoms with E-state index in [4.69, 9.17) is 16.3 Å². The maximum Gasteiger partial charge on any atom is 0.262 e. The van der Waals surface area contributed by atoms with E-state index in [0.717, 1.165) is 41.9 Å². The van der Waals surface area contributed by atoms with Crippen molar-refractivity contribution < 1.29 is 9.53 Å². The van der Waals surface area contributed by atoms with E-state index < -0.39 is 0 Å². The van der Waals surface area contributed by atoms with Gasteiger partial charge in [-0.3, -0.25) is 9.36 Å². The van der Waals surface area contributed by atoms with Crippen molar-refractivity contribution in [3.05, 3.63) is 64.3 Å². The molecule has 2 aromatic carbocycles. The topological polar surface area (TPSA) is 43.3 Å². The van der Waals surface area contributed by atoms with Gasteiger partial charge in [-0.15, -0.1) is 0 Å². The largest absolute Gasteiger partial charge is 0.497 e. The van der Waals surface area contributed by atoms with Gasteiger partial charge >= 0.3 is 0 Å². The van der Waals surface area contributed by atoms with Gasteiger partial charge in [0.05, 0.1) is 12.6 Å². The van der Waals surface area contributed by atoms with Gasteiger partial charge in [-0.1, -0.05) is 18.5 Å². The Balaban J connectivity index is 2.13. The molecule has 3 aromatic rings. The number of ether oxygens (including phenoxy) is 1. The fourth-order valence-electron chi connectivity index (χ4n) is 3.28. The van der Waals surface area contributed by atoms with E-state index >= 15 is 0 Å². The maximum atomic E-state index is 13.2. The van der Waals surface area contributed by atoms with Gasteiger partial charge in [0.15, 0.2) is 0 Å². The summed E-state index contributed by atoms with van der Waals surface area (Å²) in [5.74, 6) is 0.738. The van der Waals surface area contributed by atoms with Gasteiger partial charge in [-0.05, 0) is 74.5 Å². The van der Waals surface area contributed by atoms with Gasteiger partial charge in [0, 0.05) is 21.7 Å². The highest BCUT2D eigenvalue weighted by Crippen LogP contribution is 2.30. The number of aromatic nitrogens is 1. The third-order valence-corrected chi connectivity index (χ3v) is 4.89. The van der Waals surface area contributed by atoms with Crippen LogP contribution in [-0.2, 0) is 6.42 Å². The second-order valence-corrected chi connectivity index (χ2v) is 6.63. The molecule has 1 aromatic heterocycles. The molecule has 0 bridgehead atoms. The van der Waals surface area contributed by atoms with Gasteiger partial charge < -0.3 is 10.1 Å². The first-order chi connectivity index (χ1) is 12.6. The minimum absolute atomic E-state index is 0.0518. The second kappa shape index (κ2) is 7.94. The van der Waals surface area contributed by atoms with Crippen molar-refractivity contribution in [1.29, 1.82) is 0 Å². The van der Waals surface area contributed by atoms with Crippen molar-refractivity contribution in [1.82, 2.24) is 9.88 Å². The number of halogens is 1. The van der Waals surface area contributed by atoms with Crippen LogP contribution in [0.3, 0.4) is 0 Å². The van der Waals surface area contributed by atoms with Crippen molar-refractivity contribution in [3.63, 3.8) is 0 Å². The van der Waals surface area contributed by atoms with Crippen LogP contribution in [-0.4, -0.2) is 30.7 Å².